The quantitative estimate of drug-likeness (QED) is 0.585. The van der Waals surface area contributed by atoms with Gasteiger partial charge in [-0.25, -0.2) is 4.98 Å². The minimum absolute atomic E-state index is 0.710. The van der Waals surface area contributed by atoms with E-state index in [4.69, 9.17) is 11.6 Å². The number of para-hydroxylation sites is 1. The second-order valence-electron chi connectivity index (χ2n) is 3.61. The van der Waals surface area contributed by atoms with Gasteiger partial charge in [0.15, 0.2) is 0 Å². The van der Waals surface area contributed by atoms with Gasteiger partial charge in [-0.3, -0.25) is 0 Å². The third kappa shape index (κ3) is 2.10. The summed E-state index contributed by atoms with van der Waals surface area (Å²) in [4.78, 5) is 4.58. The lowest BCUT2D eigenvalue weighted by molar-refractivity contribution is 1.47. The lowest BCUT2D eigenvalue weighted by atomic mass is 10.2. The number of rotatable bonds is 1. The van der Waals surface area contributed by atoms with Crippen LogP contribution in [0.15, 0.2) is 46.9 Å². The Morgan fingerprint density at radius 3 is 2.53 bits per heavy atom. The van der Waals surface area contributed by atoms with Gasteiger partial charge in [0.1, 0.15) is 10.5 Å². The summed E-state index contributed by atoms with van der Waals surface area (Å²) in [7, 11) is 0. The summed E-state index contributed by atoms with van der Waals surface area (Å²) in [5.74, 6) is 0. The van der Waals surface area contributed by atoms with Crippen LogP contribution in [-0.4, -0.2) is 4.98 Å². The molecule has 0 unspecified atom stereocenters. The van der Waals surface area contributed by atoms with Crippen molar-refractivity contribution in [3.05, 3.63) is 52.0 Å². The molecule has 84 valence electrons. The number of hydrogen-bond acceptors (Lipinski definition) is 2. The molecule has 1 nitrogen and oxygen atoms in total. The van der Waals surface area contributed by atoms with Crippen LogP contribution < -0.4 is 0 Å². The average molecular weight is 325 g/mol. The van der Waals surface area contributed by atoms with Crippen molar-refractivity contribution in [2.24, 2.45) is 0 Å². The Bertz CT molecular complexity index is 675. The lowest BCUT2D eigenvalue weighted by Gasteiger charge is -1.95. The van der Waals surface area contributed by atoms with Crippen LogP contribution in [0.4, 0.5) is 0 Å². The van der Waals surface area contributed by atoms with E-state index in [1.807, 2.05) is 30.3 Å². The highest BCUT2D eigenvalue weighted by Crippen LogP contribution is 2.33. The third-order valence-electron chi connectivity index (χ3n) is 2.46. The van der Waals surface area contributed by atoms with Gasteiger partial charge in [-0.2, -0.15) is 0 Å². The first-order chi connectivity index (χ1) is 8.24. The highest BCUT2D eigenvalue weighted by molar-refractivity contribution is 9.10. The van der Waals surface area contributed by atoms with Crippen molar-refractivity contribution in [2.45, 2.75) is 0 Å². The predicted molar refractivity (Wildman–Crippen MR) is 77.8 cm³/mol. The Kier molecular flexibility index (Phi) is 2.90. The zero-order valence-electron chi connectivity index (χ0n) is 8.65. The molecule has 0 amide bonds. The molecule has 0 aliphatic rings. The van der Waals surface area contributed by atoms with E-state index in [2.05, 4.69) is 33.0 Å². The first-order valence-corrected chi connectivity index (χ1v) is 7.04. The smallest absolute Gasteiger partial charge is 0.124 e. The van der Waals surface area contributed by atoms with E-state index in [1.54, 1.807) is 11.3 Å². The van der Waals surface area contributed by atoms with Gasteiger partial charge in [-0.05, 0) is 24.3 Å². The summed E-state index contributed by atoms with van der Waals surface area (Å²) >= 11 is 11.2. The maximum absolute atomic E-state index is 6.12. The number of hydrogen-bond donors (Lipinski definition) is 0. The molecule has 3 aromatic rings. The molecule has 0 N–H and O–H groups in total. The number of aromatic nitrogens is 1. The molecule has 2 aromatic carbocycles. The summed E-state index contributed by atoms with van der Waals surface area (Å²) in [6.45, 7) is 0. The van der Waals surface area contributed by atoms with Crippen molar-refractivity contribution in [2.75, 3.05) is 0 Å². The summed E-state index contributed by atoms with van der Waals surface area (Å²) in [6.07, 6.45) is 0. The number of nitrogens with zero attached hydrogens (tertiary/aromatic N) is 1. The van der Waals surface area contributed by atoms with Crippen LogP contribution in [0.2, 0.25) is 5.02 Å². The molecule has 0 aliphatic carbocycles. The molecule has 0 aliphatic heterocycles. The molecule has 17 heavy (non-hydrogen) atoms. The third-order valence-corrected chi connectivity index (χ3v) is 4.36. The summed E-state index contributed by atoms with van der Waals surface area (Å²) in [6, 6.07) is 14.0. The van der Waals surface area contributed by atoms with E-state index in [9.17, 15) is 0 Å². The second kappa shape index (κ2) is 4.41. The SMILES string of the molecule is Clc1cccc2sc(-c3ccc(Br)cc3)nc12. The monoisotopic (exact) mass is 323 g/mol. The molecule has 0 saturated carbocycles. The van der Waals surface area contributed by atoms with Gasteiger partial charge in [0.05, 0.1) is 9.72 Å². The summed E-state index contributed by atoms with van der Waals surface area (Å²) in [5.41, 5.74) is 2.00. The van der Waals surface area contributed by atoms with E-state index >= 15 is 0 Å². The minimum atomic E-state index is 0.710. The highest BCUT2D eigenvalue weighted by Gasteiger charge is 2.08. The molecular formula is C13H7BrClNS. The number of benzene rings is 2. The molecule has 0 radical (unpaired) electrons. The van der Waals surface area contributed by atoms with Crippen molar-refractivity contribution in [3.8, 4) is 10.6 Å². The van der Waals surface area contributed by atoms with E-state index < -0.39 is 0 Å². The zero-order chi connectivity index (χ0) is 11.8. The van der Waals surface area contributed by atoms with Gasteiger partial charge in [0, 0.05) is 10.0 Å². The minimum Gasteiger partial charge on any atom is -0.234 e. The van der Waals surface area contributed by atoms with Gasteiger partial charge >= 0.3 is 0 Å². The van der Waals surface area contributed by atoms with Crippen LogP contribution in [0.1, 0.15) is 0 Å². The molecule has 0 bridgehead atoms. The predicted octanol–water partition coefficient (Wildman–Crippen LogP) is 5.38. The van der Waals surface area contributed by atoms with Gasteiger partial charge in [0.2, 0.25) is 0 Å². The molecule has 3 rings (SSSR count). The first kappa shape index (κ1) is 11.2. The van der Waals surface area contributed by atoms with Crippen molar-refractivity contribution in [1.29, 1.82) is 0 Å². The zero-order valence-corrected chi connectivity index (χ0v) is 11.8. The Labute approximate surface area is 116 Å². The maximum atomic E-state index is 6.12. The van der Waals surface area contributed by atoms with E-state index in [-0.39, 0.29) is 0 Å². The largest absolute Gasteiger partial charge is 0.234 e. The van der Waals surface area contributed by atoms with E-state index in [0.29, 0.717) is 5.02 Å². The van der Waals surface area contributed by atoms with Crippen LogP contribution in [0.3, 0.4) is 0 Å². The second-order valence-corrected chi connectivity index (χ2v) is 5.97. The van der Waals surface area contributed by atoms with Gasteiger partial charge in [-0.1, -0.05) is 45.7 Å². The van der Waals surface area contributed by atoms with Gasteiger partial charge in [-0.15, -0.1) is 11.3 Å². The normalized spacial score (nSPS) is 10.9. The Balaban J connectivity index is 2.18. The summed E-state index contributed by atoms with van der Waals surface area (Å²) in [5, 5.41) is 1.71. The standard InChI is InChI=1S/C13H7BrClNS/c14-9-6-4-8(5-7-9)13-16-12-10(15)2-1-3-11(12)17-13/h1-7H. The average Bonchev–Trinajstić information content (AvgIpc) is 2.75. The Hall–Kier alpha value is -0.900. The molecule has 0 saturated heterocycles. The van der Waals surface area contributed by atoms with Crippen molar-refractivity contribution in [1.82, 2.24) is 4.98 Å². The first-order valence-electron chi connectivity index (χ1n) is 5.05. The fraction of sp³-hybridized carbons (Fsp3) is 0. The topological polar surface area (TPSA) is 12.9 Å². The van der Waals surface area contributed by atoms with Crippen molar-refractivity contribution >= 4 is 49.1 Å². The number of fused-ring (bicyclic) bond motifs is 1. The van der Waals surface area contributed by atoms with Crippen molar-refractivity contribution in [3.63, 3.8) is 0 Å². The van der Waals surface area contributed by atoms with Crippen LogP contribution >= 0.6 is 38.9 Å². The van der Waals surface area contributed by atoms with Gasteiger partial charge < -0.3 is 0 Å². The highest BCUT2D eigenvalue weighted by atomic mass is 79.9. The van der Waals surface area contributed by atoms with Crippen LogP contribution in [0.5, 0.6) is 0 Å². The van der Waals surface area contributed by atoms with Crippen LogP contribution in [-0.2, 0) is 0 Å². The van der Waals surface area contributed by atoms with E-state index in [1.165, 1.54) is 0 Å². The molecule has 0 atom stereocenters. The van der Waals surface area contributed by atoms with E-state index in [0.717, 1.165) is 25.3 Å². The Morgan fingerprint density at radius 2 is 1.82 bits per heavy atom. The fourth-order valence-electron chi connectivity index (χ4n) is 1.63. The lowest BCUT2D eigenvalue weighted by Crippen LogP contribution is -1.75. The maximum Gasteiger partial charge on any atom is 0.124 e. The summed E-state index contributed by atoms with van der Waals surface area (Å²) < 4.78 is 2.19. The number of thiazole rings is 1. The molecule has 1 aromatic heterocycles. The van der Waals surface area contributed by atoms with Crippen LogP contribution in [0, 0.1) is 0 Å². The number of halogens is 2. The van der Waals surface area contributed by atoms with Gasteiger partial charge in [0.25, 0.3) is 0 Å². The molecule has 0 fully saturated rings. The van der Waals surface area contributed by atoms with Crippen molar-refractivity contribution < 1.29 is 0 Å². The molecule has 4 heteroatoms. The molecular weight excluding hydrogens is 318 g/mol. The molecule has 1 heterocycles. The molecule has 0 spiro atoms. The Morgan fingerprint density at radius 1 is 1.06 bits per heavy atom. The fourth-order valence-corrected chi connectivity index (χ4v) is 3.17. The van der Waals surface area contributed by atoms with Crippen LogP contribution in [0.25, 0.3) is 20.8 Å².